The molecule has 1 saturated heterocycles. The van der Waals surface area contributed by atoms with E-state index in [0.717, 1.165) is 27.5 Å². The Morgan fingerprint density at radius 2 is 1.80 bits per heavy atom. The monoisotopic (exact) mass is 447 g/mol. The highest BCUT2D eigenvalue weighted by Gasteiger charge is 2.33. The number of carbonyl (C=O) groups excluding carboxylic acids is 1. The number of allylic oxidation sites excluding steroid dienone is 2. The minimum absolute atomic E-state index is 0.0525. The predicted molar refractivity (Wildman–Crippen MR) is 128 cm³/mol. The van der Waals surface area contributed by atoms with Crippen LogP contribution in [0.15, 0.2) is 82.6 Å². The normalized spacial score (nSPS) is 19.6. The fraction of sp³-hybridized carbons (Fsp3) is 0.0833. The minimum atomic E-state index is -0.162. The standard InChI is InChI=1S/C24H17NO2S3/c1-14-7-2-3-8-15(14)21-16-9-4-5-10-18(16)27-22(19-11-6-12-29-19)17(21)13-20-23(26)25-24(28)30-20/h2-13,21H,1H3,(H,25,26,28). The molecule has 2 aliphatic rings. The van der Waals surface area contributed by atoms with Gasteiger partial charge in [-0.3, -0.25) is 4.79 Å². The number of carbonyl (C=O) groups is 1. The number of ether oxygens (including phenoxy) is 1. The highest BCUT2D eigenvalue weighted by atomic mass is 32.2. The van der Waals surface area contributed by atoms with Crippen molar-refractivity contribution in [3.05, 3.63) is 104 Å². The van der Waals surface area contributed by atoms with Crippen LogP contribution in [0.3, 0.4) is 0 Å². The van der Waals surface area contributed by atoms with Gasteiger partial charge in [0.1, 0.15) is 15.8 Å². The van der Waals surface area contributed by atoms with Crippen molar-refractivity contribution in [2.75, 3.05) is 0 Å². The first-order chi connectivity index (χ1) is 14.6. The average Bonchev–Trinajstić information content (AvgIpc) is 3.38. The number of amides is 1. The maximum absolute atomic E-state index is 12.5. The van der Waals surface area contributed by atoms with Crippen molar-refractivity contribution in [3.63, 3.8) is 0 Å². The van der Waals surface area contributed by atoms with Crippen LogP contribution >= 0.6 is 35.3 Å². The number of benzene rings is 2. The number of aryl methyl sites for hydroxylation is 1. The molecule has 30 heavy (non-hydrogen) atoms. The smallest absolute Gasteiger partial charge is 0.263 e. The van der Waals surface area contributed by atoms with Crippen molar-refractivity contribution >= 4 is 51.3 Å². The van der Waals surface area contributed by atoms with Crippen molar-refractivity contribution in [2.24, 2.45) is 0 Å². The maximum Gasteiger partial charge on any atom is 0.263 e. The summed E-state index contributed by atoms with van der Waals surface area (Å²) in [5.41, 5.74) is 4.44. The molecule has 1 fully saturated rings. The Hall–Kier alpha value is -2.67. The SMILES string of the molecule is Cc1ccccc1C1C(C=C2SC(=S)NC2=O)=C(c2cccs2)Oc2ccccc21. The maximum atomic E-state index is 12.5. The summed E-state index contributed by atoms with van der Waals surface area (Å²) in [6, 6.07) is 20.6. The van der Waals surface area contributed by atoms with E-state index in [1.165, 1.54) is 22.9 Å². The second-order valence-corrected chi connectivity index (χ2v) is 9.71. The molecule has 0 spiro atoms. The average molecular weight is 448 g/mol. The molecule has 2 aromatic carbocycles. The van der Waals surface area contributed by atoms with E-state index in [1.807, 2.05) is 47.9 Å². The van der Waals surface area contributed by atoms with Crippen LogP contribution < -0.4 is 10.1 Å². The largest absolute Gasteiger partial charge is 0.455 e. The van der Waals surface area contributed by atoms with Gasteiger partial charge in [-0.25, -0.2) is 0 Å². The van der Waals surface area contributed by atoms with Gasteiger partial charge in [-0.1, -0.05) is 72.5 Å². The molecule has 3 heterocycles. The number of thiocarbonyl (C=S) groups is 1. The third-order valence-corrected chi connectivity index (χ3v) is 7.22. The van der Waals surface area contributed by atoms with Crippen LogP contribution in [0.1, 0.15) is 27.5 Å². The van der Waals surface area contributed by atoms with Gasteiger partial charge in [-0.05, 0) is 41.6 Å². The van der Waals surface area contributed by atoms with Gasteiger partial charge < -0.3 is 10.1 Å². The van der Waals surface area contributed by atoms with Crippen molar-refractivity contribution in [3.8, 4) is 5.75 Å². The predicted octanol–water partition coefficient (Wildman–Crippen LogP) is 6.02. The quantitative estimate of drug-likeness (QED) is 0.393. The van der Waals surface area contributed by atoms with Crippen molar-refractivity contribution in [1.82, 2.24) is 5.32 Å². The van der Waals surface area contributed by atoms with Crippen molar-refractivity contribution < 1.29 is 9.53 Å². The summed E-state index contributed by atoms with van der Waals surface area (Å²) in [4.78, 5) is 14.1. The van der Waals surface area contributed by atoms with Crippen LogP contribution in [-0.4, -0.2) is 10.2 Å². The zero-order valence-corrected chi connectivity index (χ0v) is 18.5. The lowest BCUT2D eigenvalue weighted by atomic mass is 9.80. The highest BCUT2D eigenvalue weighted by molar-refractivity contribution is 8.26. The molecule has 1 N–H and O–H groups in total. The molecule has 0 radical (unpaired) electrons. The molecule has 1 amide bonds. The Kier molecular flexibility index (Phi) is 5.06. The highest BCUT2D eigenvalue weighted by Crippen LogP contribution is 2.48. The first kappa shape index (κ1) is 19.3. The number of thioether (sulfide) groups is 1. The molecule has 3 aromatic rings. The van der Waals surface area contributed by atoms with Crippen LogP contribution in [0, 0.1) is 6.92 Å². The van der Waals surface area contributed by atoms with E-state index >= 15 is 0 Å². The Balaban J connectivity index is 1.79. The van der Waals surface area contributed by atoms with Crippen molar-refractivity contribution in [2.45, 2.75) is 12.8 Å². The van der Waals surface area contributed by atoms with Crippen LogP contribution in [0.2, 0.25) is 0 Å². The molecule has 0 aliphatic carbocycles. The third-order valence-electron chi connectivity index (χ3n) is 5.19. The molecule has 148 valence electrons. The van der Waals surface area contributed by atoms with Crippen LogP contribution in [0.25, 0.3) is 5.76 Å². The zero-order valence-electron chi connectivity index (χ0n) is 16.0. The van der Waals surface area contributed by atoms with Crippen LogP contribution in [-0.2, 0) is 4.79 Å². The van der Waals surface area contributed by atoms with Gasteiger partial charge in [0.2, 0.25) is 0 Å². The van der Waals surface area contributed by atoms with Crippen molar-refractivity contribution in [1.29, 1.82) is 0 Å². The van der Waals surface area contributed by atoms with E-state index in [9.17, 15) is 4.79 Å². The molecule has 1 aromatic heterocycles. The summed E-state index contributed by atoms with van der Waals surface area (Å²) >= 11 is 8.12. The lowest BCUT2D eigenvalue weighted by molar-refractivity contribution is -0.115. The molecule has 5 rings (SSSR count). The third kappa shape index (κ3) is 3.41. The summed E-state index contributed by atoms with van der Waals surface area (Å²) in [5.74, 6) is 1.42. The lowest BCUT2D eigenvalue weighted by Crippen LogP contribution is -2.19. The second-order valence-electron chi connectivity index (χ2n) is 7.04. The first-order valence-corrected chi connectivity index (χ1v) is 11.6. The van der Waals surface area contributed by atoms with E-state index in [-0.39, 0.29) is 11.8 Å². The molecule has 2 aliphatic heterocycles. The fourth-order valence-electron chi connectivity index (χ4n) is 3.84. The first-order valence-electron chi connectivity index (χ1n) is 9.47. The number of rotatable bonds is 3. The lowest BCUT2D eigenvalue weighted by Gasteiger charge is -2.30. The van der Waals surface area contributed by atoms with Gasteiger partial charge in [0.25, 0.3) is 5.91 Å². The fourth-order valence-corrected chi connectivity index (χ4v) is 5.60. The van der Waals surface area contributed by atoms with Crippen LogP contribution in [0.5, 0.6) is 5.75 Å². The van der Waals surface area contributed by atoms with Crippen LogP contribution in [0.4, 0.5) is 0 Å². The summed E-state index contributed by atoms with van der Waals surface area (Å²) < 4.78 is 6.91. The van der Waals surface area contributed by atoms with Gasteiger partial charge in [0.05, 0.1) is 9.78 Å². The molecule has 1 unspecified atom stereocenters. The number of fused-ring (bicyclic) bond motifs is 1. The Labute approximate surface area is 188 Å². The number of para-hydroxylation sites is 1. The minimum Gasteiger partial charge on any atom is -0.455 e. The van der Waals surface area contributed by atoms with Gasteiger partial charge in [-0.2, -0.15) is 0 Å². The summed E-state index contributed by atoms with van der Waals surface area (Å²) in [7, 11) is 0. The zero-order chi connectivity index (χ0) is 20.7. The number of nitrogens with one attached hydrogen (secondary N) is 1. The summed E-state index contributed by atoms with van der Waals surface area (Å²) in [6.07, 6.45) is 1.95. The number of thiophene rings is 1. The Morgan fingerprint density at radius 1 is 1.03 bits per heavy atom. The summed E-state index contributed by atoms with van der Waals surface area (Å²) in [6.45, 7) is 2.12. The van der Waals surface area contributed by atoms with E-state index in [0.29, 0.717) is 9.23 Å². The molecule has 1 atom stereocenters. The van der Waals surface area contributed by atoms with Gasteiger partial charge in [0.15, 0.2) is 0 Å². The molecular formula is C24H17NO2S3. The molecule has 0 bridgehead atoms. The van der Waals surface area contributed by atoms with E-state index in [1.54, 1.807) is 11.3 Å². The second kappa shape index (κ2) is 7.87. The number of hydrogen-bond acceptors (Lipinski definition) is 5. The van der Waals surface area contributed by atoms with E-state index in [2.05, 4.69) is 36.5 Å². The van der Waals surface area contributed by atoms with Gasteiger partial charge >= 0.3 is 0 Å². The molecular weight excluding hydrogens is 430 g/mol. The molecule has 6 heteroatoms. The topological polar surface area (TPSA) is 38.3 Å². The Morgan fingerprint density at radius 3 is 2.50 bits per heavy atom. The molecule has 0 saturated carbocycles. The van der Waals surface area contributed by atoms with Gasteiger partial charge in [-0.15, -0.1) is 11.3 Å². The number of hydrogen-bond donors (Lipinski definition) is 1. The van der Waals surface area contributed by atoms with E-state index < -0.39 is 0 Å². The summed E-state index contributed by atoms with van der Waals surface area (Å²) in [5, 5.41) is 4.75. The Bertz CT molecular complexity index is 1220. The van der Waals surface area contributed by atoms with Gasteiger partial charge in [0, 0.05) is 17.1 Å². The van der Waals surface area contributed by atoms with E-state index in [4.69, 9.17) is 17.0 Å². The molecule has 3 nitrogen and oxygen atoms in total.